The number of hydrogen-bond donors (Lipinski definition) is 2. The van der Waals surface area contributed by atoms with Crippen molar-refractivity contribution in [1.29, 1.82) is 0 Å². The molecule has 3 amide bonds. The first-order valence-electron chi connectivity index (χ1n) is 12.7. The fraction of sp³-hybridized carbons (Fsp3) is 0.407. The van der Waals surface area contributed by atoms with Gasteiger partial charge in [0.1, 0.15) is 24.6 Å². The average Bonchev–Trinajstić information content (AvgIpc) is 3.55. The molecule has 1 fully saturated rings. The van der Waals surface area contributed by atoms with Crippen molar-refractivity contribution in [2.75, 3.05) is 44.5 Å². The summed E-state index contributed by atoms with van der Waals surface area (Å²) < 4.78 is 67.9. The maximum atomic E-state index is 13.7. The van der Waals surface area contributed by atoms with E-state index in [9.17, 15) is 36.7 Å². The van der Waals surface area contributed by atoms with Gasteiger partial charge in [-0.1, -0.05) is 6.07 Å². The fourth-order valence-corrected chi connectivity index (χ4v) is 4.80. The number of alkyl halides is 3. The molecule has 42 heavy (non-hydrogen) atoms. The van der Waals surface area contributed by atoms with E-state index < -0.39 is 54.2 Å². The molecular weight excluding hydrogens is 568 g/mol. The van der Waals surface area contributed by atoms with Gasteiger partial charge >= 0.3 is 18.2 Å². The number of fused-ring (bicyclic) bond motifs is 1. The van der Waals surface area contributed by atoms with E-state index in [-0.39, 0.29) is 44.3 Å². The van der Waals surface area contributed by atoms with E-state index in [0.29, 0.717) is 17.8 Å². The van der Waals surface area contributed by atoms with E-state index in [2.05, 4.69) is 10.6 Å². The summed E-state index contributed by atoms with van der Waals surface area (Å²) in [5.41, 5.74) is 0.689. The molecule has 4 rings (SSSR count). The third-order valence-corrected chi connectivity index (χ3v) is 6.74. The predicted molar refractivity (Wildman–Crippen MR) is 138 cm³/mol. The van der Waals surface area contributed by atoms with Crippen LogP contribution in [0.25, 0.3) is 0 Å². The first kappa shape index (κ1) is 30.6. The normalized spacial score (nSPS) is 18.0. The van der Waals surface area contributed by atoms with Crippen LogP contribution in [0.5, 0.6) is 0 Å². The number of anilines is 2. The van der Waals surface area contributed by atoms with Crippen LogP contribution in [-0.4, -0.2) is 79.7 Å². The molecule has 2 aromatic carbocycles. The minimum absolute atomic E-state index is 0.0567. The average molecular weight is 597 g/mol. The highest BCUT2D eigenvalue weighted by Gasteiger charge is 2.42. The van der Waals surface area contributed by atoms with Crippen LogP contribution in [0.1, 0.15) is 23.1 Å². The molecule has 0 bridgehead atoms. The molecule has 2 aliphatic rings. The van der Waals surface area contributed by atoms with Gasteiger partial charge in [-0.25, -0.2) is 14.0 Å². The summed E-state index contributed by atoms with van der Waals surface area (Å²) in [6, 6.07) is 5.91. The lowest BCUT2D eigenvalue weighted by Crippen LogP contribution is -2.44. The van der Waals surface area contributed by atoms with Crippen molar-refractivity contribution < 1.29 is 51.0 Å². The van der Waals surface area contributed by atoms with Gasteiger partial charge in [-0.2, -0.15) is 13.2 Å². The van der Waals surface area contributed by atoms with Gasteiger partial charge < -0.3 is 29.7 Å². The van der Waals surface area contributed by atoms with E-state index in [0.717, 1.165) is 29.2 Å². The van der Waals surface area contributed by atoms with Crippen LogP contribution in [0, 0.1) is 5.82 Å². The molecule has 226 valence electrons. The van der Waals surface area contributed by atoms with Gasteiger partial charge in [0, 0.05) is 38.0 Å². The SMILES string of the molecule is COCC(=O)Nc1ccc2c(c1)CN(C(=O)OC1CC(C(=O)OC)N(C(=O)CNc3cc(F)cc(C(F)(F)F)c3)C1)C2. The summed E-state index contributed by atoms with van der Waals surface area (Å²) >= 11 is 0. The molecule has 2 heterocycles. The summed E-state index contributed by atoms with van der Waals surface area (Å²) in [6.45, 7) is -0.384. The van der Waals surface area contributed by atoms with Gasteiger partial charge in [-0.3, -0.25) is 14.5 Å². The first-order valence-corrected chi connectivity index (χ1v) is 12.7. The number of likely N-dealkylation sites (tertiary alicyclic amines) is 1. The lowest BCUT2D eigenvalue weighted by Gasteiger charge is -2.23. The number of hydrogen-bond acceptors (Lipinski definition) is 8. The van der Waals surface area contributed by atoms with Crippen molar-refractivity contribution in [2.24, 2.45) is 0 Å². The molecule has 0 aromatic heterocycles. The third-order valence-electron chi connectivity index (χ3n) is 6.74. The van der Waals surface area contributed by atoms with Crippen molar-refractivity contribution in [3.8, 4) is 0 Å². The van der Waals surface area contributed by atoms with Gasteiger partial charge in [-0.15, -0.1) is 0 Å². The van der Waals surface area contributed by atoms with Crippen molar-refractivity contribution in [3.63, 3.8) is 0 Å². The van der Waals surface area contributed by atoms with Gasteiger partial charge in [0.15, 0.2) is 0 Å². The largest absolute Gasteiger partial charge is 0.467 e. The number of amides is 3. The van der Waals surface area contributed by atoms with E-state index >= 15 is 0 Å². The fourth-order valence-electron chi connectivity index (χ4n) is 4.80. The number of halogens is 4. The van der Waals surface area contributed by atoms with Crippen molar-refractivity contribution in [2.45, 2.75) is 37.8 Å². The molecule has 2 aliphatic heterocycles. The standard InChI is InChI=1S/C27H28F4N4O7/c1-40-14-23(36)33-19-4-3-15-11-34(12-16(15)5-19)26(39)42-21-9-22(25(38)41-2)35(13-21)24(37)10-32-20-7-17(27(29,30)31)6-18(28)8-20/h3-8,21-22,32H,9-14H2,1-2H3,(H,33,36). The summed E-state index contributed by atoms with van der Waals surface area (Å²) in [4.78, 5) is 52.6. The monoisotopic (exact) mass is 596 g/mol. The van der Waals surface area contributed by atoms with Crippen LogP contribution >= 0.6 is 0 Å². The number of esters is 1. The number of methoxy groups -OCH3 is 2. The molecule has 15 heteroatoms. The number of rotatable bonds is 8. The molecule has 0 saturated carbocycles. The summed E-state index contributed by atoms with van der Waals surface area (Å²) in [7, 11) is 2.53. The quantitative estimate of drug-likeness (QED) is 0.352. The molecule has 2 aromatic rings. The Morgan fingerprint density at radius 2 is 1.74 bits per heavy atom. The van der Waals surface area contributed by atoms with Gasteiger partial charge in [-0.05, 0) is 41.5 Å². The van der Waals surface area contributed by atoms with E-state index in [1.54, 1.807) is 18.2 Å². The minimum Gasteiger partial charge on any atom is -0.467 e. The maximum absolute atomic E-state index is 13.7. The van der Waals surface area contributed by atoms with E-state index in [1.165, 1.54) is 12.0 Å². The molecular formula is C27H28F4N4O7. The van der Waals surface area contributed by atoms with Crippen LogP contribution in [0.4, 0.5) is 33.7 Å². The first-order chi connectivity index (χ1) is 19.9. The molecule has 0 radical (unpaired) electrons. The van der Waals surface area contributed by atoms with Crippen LogP contribution in [-0.2, 0) is 47.9 Å². The molecule has 11 nitrogen and oxygen atoms in total. The number of carbonyl (C=O) groups is 4. The van der Waals surface area contributed by atoms with Crippen molar-refractivity contribution in [1.82, 2.24) is 9.80 Å². The number of ether oxygens (including phenoxy) is 3. The maximum Gasteiger partial charge on any atom is 0.416 e. The highest BCUT2D eigenvalue weighted by atomic mass is 19.4. The molecule has 2 unspecified atom stereocenters. The molecule has 1 saturated heterocycles. The second-order valence-corrected chi connectivity index (χ2v) is 9.73. The summed E-state index contributed by atoms with van der Waals surface area (Å²) in [6.07, 6.45) is -6.40. The Kier molecular flexibility index (Phi) is 9.19. The Morgan fingerprint density at radius 1 is 1.00 bits per heavy atom. The zero-order valence-electron chi connectivity index (χ0n) is 22.6. The molecule has 0 spiro atoms. The van der Waals surface area contributed by atoms with E-state index in [1.807, 2.05) is 0 Å². The molecule has 2 N–H and O–H groups in total. The smallest absolute Gasteiger partial charge is 0.416 e. The Bertz CT molecular complexity index is 1370. The van der Waals surface area contributed by atoms with Crippen LogP contribution < -0.4 is 10.6 Å². The number of nitrogens with one attached hydrogen (secondary N) is 2. The second-order valence-electron chi connectivity index (χ2n) is 9.73. The zero-order valence-corrected chi connectivity index (χ0v) is 22.6. The number of benzene rings is 2. The van der Waals surface area contributed by atoms with Crippen LogP contribution in [0.2, 0.25) is 0 Å². The van der Waals surface area contributed by atoms with Gasteiger partial charge in [0.05, 0.1) is 25.8 Å². The Hall–Kier alpha value is -4.40. The summed E-state index contributed by atoms with van der Waals surface area (Å²) in [5, 5.41) is 5.14. The second kappa shape index (κ2) is 12.6. The predicted octanol–water partition coefficient (Wildman–Crippen LogP) is 3.14. The molecule has 2 atom stereocenters. The van der Waals surface area contributed by atoms with Crippen molar-refractivity contribution >= 4 is 35.3 Å². The lowest BCUT2D eigenvalue weighted by molar-refractivity contribution is -0.150. The lowest BCUT2D eigenvalue weighted by atomic mass is 10.1. The zero-order chi connectivity index (χ0) is 30.6. The van der Waals surface area contributed by atoms with Gasteiger partial charge in [0.2, 0.25) is 11.8 Å². The van der Waals surface area contributed by atoms with Crippen molar-refractivity contribution in [3.05, 3.63) is 58.9 Å². The Labute approximate surface area is 237 Å². The number of nitrogens with zero attached hydrogens (tertiary/aromatic N) is 2. The number of carbonyl (C=O) groups excluding carboxylic acids is 4. The summed E-state index contributed by atoms with van der Waals surface area (Å²) in [5.74, 6) is -2.93. The van der Waals surface area contributed by atoms with Crippen LogP contribution in [0.3, 0.4) is 0 Å². The molecule has 0 aliphatic carbocycles. The highest BCUT2D eigenvalue weighted by Crippen LogP contribution is 2.32. The Morgan fingerprint density at radius 3 is 2.43 bits per heavy atom. The van der Waals surface area contributed by atoms with Gasteiger partial charge in [0.25, 0.3) is 0 Å². The Balaban J connectivity index is 1.36. The minimum atomic E-state index is -4.79. The topological polar surface area (TPSA) is 127 Å². The highest BCUT2D eigenvalue weighted by molar-refractivity contribution is 5.92. The van der Waals surface area contributed by atoms with Crippen LogP contribution in [0.15, 0.2) is 36.4 Å². The van der Waals surface area contributed by atoms with E-state index in [4.69, 9.17) is 14.2 Å². The third kappa shape index (κ3) is 7.26.